The van der Waals surface area contributed by atoms with Gasteiger partial charge in [0.05, 0.1) is 6.54 Å². The third-order valence-electron chi connectivity index (χ3n) is 4.98. The Hall–Kier alpha value is -0.960. The van der Waals surface area contributed by atoms with Gasteiger partial charge in [0.1, 0.15) is 0 Å². The predicted octanol–water partition coefficient (Wildman–Crippen LogP) is 4.39. The lowest BCUT2D eigenvalue weighted by atomic mass is 9.78. The first kappa shape index (κ1) is 15.0. The Morgan fingerprint density at radius 3 is 2.67 bits per heavy atom. The van der Waals surface area contributed by atoms with Crippen molar-refractivity contribution in [1.82, 2.24) is 5.32 Å². The highest BCUT2D eigenvalue weighted by Gasteiger charge is 2.39. The van der Waals surface area contributed by atoms with Gasteiger partial charge in [0.15, 0.2) is 5.17 Å². The van der Waals surface area contributed by atoms with Crippen molar-refractivity contribution in [2.24, 2.45) is 10.9 Å². The quantitative estimate of drug-likeness (QED) is 0.895. The molecule has 0 unspecified atom stereocenters. The van der Waals surface area contributed by atoms with E-state index in [1.807, 2.05) is 11.8 Å². The van der Waals surface area contributed by atoms with Gasteiger partial charge in [0, 0.05) is 11.3 Å². The van der Waals surface area contributed by atoms with Gasteiger partial charge in [-0.3, -0.25) is 4.99 Å². The third kappa shape index (κ3) is 3.45. The Morgan fingerprint density at radius 2 is 1.95 bits per heavy atom. The number of hydrogen-bond donors (Lipinski definition) is 1. The summed E-state index contributed by atoms with van der Waals surface area (Å²) in [5, 5.41) is 4.91. The number of aliphatic imine (C=N–C) groups is 1. The zero-order valence-electron chi connectivity index (χ0n) is 13.2. The second kappa shape index (κ2) is 6.43. The Bertz CT molecular complexity index is 516. The molecule has 2 aliphatic rings. The van der Waals surface area contributed by atoms with Crippen molar-refractivity contribution in [1.29, 1.82) is 0 Å². The number of rotatable bonds is 3. The van der Waals surface area contributed by atoms with Crippen molar-refractivity contribution in [2.45, 2.75) is 58.0 Å². The summed E-state index contributed by atoms with van der Waals surface area (Å²) in [5.74, 6) is 2.10. The molecule has 0 amide bonds. The van der Waals surface area contributed by atoms with Crippen LogP contribution >= 0.6 is 11.8 Å². The molecule has 1 N–H and O–H groups in total. The molecule has 0 bridgehead atoms. The van der Waals surface area contributed by atoms with E-state index >= 15 is 0 Å². The molecule has 1 heterocycles. The maximum absolute atomic E-state index is 4.84. The van der Waals surface area contributed by atoms with Gasteiger partial charge in [-0.2, -0.15) is 0 Å². The molecule has 2 fully saturated rings. The largest absolute Gasteiger partial charge is 0.359 e. The highest BCUT2D eigenvalue weighted by molar-refractivity contribution is 8.14. The van der Waals surface area contributed by atoms with E-state index in [1.54, 1.807) is 0 Å². The molecule has 1 saturated heterocycles. The first-order chi connectivity index (χ1) is 10.2. The molecule has 21 heavy (non-hydrogen) atoms. The van der Waals surface area contributed by atoms with Gasteiger partial charge in [0.2, 0.25) is 0 Å². The van der Waals surface area contributed by atoms with Crippen LogP contribution in [-0.4, -0.2) is 16.5 Å². The molecule has 3 rings (SSSR count). The standard InChI is InChI=1S/C18H26N2S/c1-3-15-6-4-5-7-16(15)12-19-17-20-18(13-21-17)10-8-14(2)9-11-18/h4-7,14H,3,8-13H2,1-2H3,(H,19,20). The van der Waals surface area contributed by atoms with Gasteiger partial charge in [0.25, 0.3) is 0 Å². The van der Waals surface area contributed by atoms with Crippen molar-refractivity contribution >= 4 is 16.9 Å². The van der Waals surface area contributed by atoms with Crippen LogP contribution < -0.4 is 5.32 Å². The average molecular weight is 302 g/mol. The normalized spacial score (nSPS) is 30.8. The fraction of sp³-hybridized carbons (Fsp3) is 0.611. The summed E-state index contributed by atoms with van der Waals surface area (Å²) in [4.78, 5) is 4.84. The van der Waals surface area contributed by atoms with Crippen LogP contribution in [0.15, 0.2) is 29.3 Å². The molecule has 1 saturated carbocycles. The fourth-order valence-electron chi connectivity index (χ4n) is 3.39. The average Bonchev–Trinajstić information content (AvgIpc) is 2.92. The number of nitrogens with one attached hydrogen (secondary N) is 1. The molecule has 0 radical (unpaired) electrons. The molecule has 3 heteroatoms. The first-order valence-corrected chi connectivity index (χ1v) is 9.21. The van der Waals surface area contributed by atoms with Gasteiger partial charge in [-0.25, -0.2) is 0 Å². The second-order valence-corrected chi connectivity index (χ2v) is 7.58. The van der Waals surface area contributed by atoms with Crippen LogP contribution in [0, 0.1) is 5.92 Å². The molecule has 1 aromatic carbocycles. The third-order valence-corrected chi connectivity index (χ3v) is 6.18. The van der Waals surface area contributed by atoms with Crippen molar-refractivity contribution in [2.75, 3.05) is 5.75 Å². The van der Waals surface area contributed by atoms with E-state index in [9.17, 15) is 0 Å². The van der Waals surface area contributed by atoms with E-state index in [1.165, 1.54) is 42.6 Å². The zero-order valence-corrected chi connectivity index (χ0v) is 14.0. The van der Waals surface area contributed by atoms with Crippen molar-refractivity contribution < 1.29 is 0 Å². The number of hydrogen-bond acceptors (Lipinski definition) is 2. The van der Waals surface area contributed by atoms with Crippen LogP contribution in [0.5, 0.6) is 0 Å². The van der Waals surface area contributed by atoms with E-state index in [4.69, 9.17) is 4.99 Å². The number of nitrogens with zero attached hydrogens (tertiary/aromatic N) is 1. The molecule has 1 spiro atoms. The second-order valence-electron chi connectivity index (χ2n) is 6.62. The summed E-state index contributed by atoms with van der Waals surface area (Å²) in [6.07, 6.45) is 6.43. The number of thioether (sulfide) groups is 1. The van der Waals surface area contributed by atoms with Gasteiger partial charge < -0.3 is 5.32 Å². The van der Waals surface area contributed by atoms with E-state index in [0.29, 0.717) is 5.54 Å². The Morgan fingerprint density at radius 1 is 1.24 bits per heavy atom. The topological polar surface area (TPSA) is 24.4 Å². The van der Waals surface area contributed by atoms with Gasteiger partial charge >= 0.3 is 0 Å². The van der Waals surface area contributed by atoms with Crippen LogP contribution in [-0.2, 0) is 13.0 Å². The van der Waals surface area contributed by atoms with Crippen LogP contribution in [0.3, 0.4) is 0 Å². The highest BCUT2D eigenvalue weighted by Crippen LogP contribution is 2.38. The molecule has 2 nitrogen and oxygen atoms in total. The summed E-state index contributed by atoms with van der Waals surface area (Å²) in [6.45, 7) is 5.41. The summed E-state index contributed by atoms with van der Waals surface area (Å²) in [6, 6.07) is 8.67. The fourth-order valence-corrected chi connectivity index (χ4v) is 4.61. The minimum absolute atomic E-state index is 0.348. The van der Waals surface area contributed by atoms with E-state index in [-0.39, 0.29) is 0 Å². The molecule has 0 atom stereocenters. The number of amidine groups is 1. The predicted molar refractivity (Wildman–Crippen MR) is 92.9 cm³/mol. The summed E-state index contributed by atoms with van der Waals surface area (Å²) in [7, 11) is 0. The minimum atomic E-state index is 0.348. The summed E-state index contributed by atoms with van der Waals surface area (Å²) >= 11 is 1.92. The summed E-state index contributed by atoms with van der Waals surface area (Å²) in [5.41, 5.74) is 3.14. The monoisotopic (exact) mass is 302 g/mol. The Labute approximate surface area is 132 Å². The van der Waals surface area contributed by atoms with Crippen LogP contribution in [0.2, 0.25) is 0 Å². The Balaban J connectivity index is 1.63. The highest BCUT2D eigenvalue weighted by atomic mass is 32.2. The van der Waals surface area contributed by atoms with E-state index in [2.05, 4.69) is 43.4 Å². The van der Waals surface area contributed by atoms with Crippen molar-refractivity contribution in [3.8, 4) is 0 Å². The van der Waals surface area contributed by atoms with Crippen molar-refractivity contribution in [3.05, 3.63) is 35.4 Å². The molecular weight excluding hydrogens is 276 g/mol. The SMILES string of the molecule is CCc1ccccc1CN=C1NC2(CCC(C)CC2)CS1. The van der Waals surface area contributed by atoms with Crippen LogP contribution in [0.25, 0.3) is 0 Å². The Kier molecular flexibility index (Phi) is 4.58. The van der Waals surface area contributed by atoms with Crippen LogP contribution in [0.1, 0.15) is 50.7 Å². The van der Waals surface area contributed by atoms with Gasteiger partial charge in [-0.15, -0.1) is 0 Å². The smallest absolute Gasteiger partial charge is 0.157 e. The lowest BCUT2D eigenvalue weighted by Crippen LogP contribution is -2.46. The lowest BCUT2D eigenvalue weighted by molar-refractivity contribution is 0.251. The van der Waals surface area contributed by atoms with Crippen LogP contribution in [0.4, 0.5) is 0 Å². The molecule has 1 aliphatic heterocycles. The van der Waals surface area contributed by atoms with E-state index < -0.39 is 0 Å². The molecular formula is C18H26N2S. The lowest BCUT2D eigenvalue weighted by Gasteiger charge is -2.35. The molecule has 1 aliphatic carbocycles. The summed E-state index contributed by atoms with van der Waals surface area (Å²) < 4.78 is 0. The van der Waals surface area contributed by atoms with Gasteiger partial charge in [-0.05, 0) is 49.1 Å². The van der Waals surface area contributed by atoms with E-state index in [0.717, 1.165) is 24.1 Å². The zero-order chi connectivity index (χ0) is 14.7. The van der Waals surface area contributed by atoms with Crippen molar-refractivity contribution in [3.63, 3.8) is 0 Å². The molecule has 0 aromatic heterocycles. The first-order valence-electron chi connectivity index (χ1n) is 8.23. The van der Waals surface area contributed by atoms with Gasteiger partial charge in [-0.1, -0.05) is 49.9 Å². The number of aryl methyl sites for hydroxylation is 1. The molecule has 114 valence electrons. The molecule has 1 aromatic rings. The number of benzene rings is 1. The maximum atomic E-state index is 4.84. The minimum Gasteiger partial charge on any atom is -0.359 e. The maximum Gasteiger partial charge on any atom is 0.157 e.